The van der Waals surface area contributed by atoms with E-state index in [9.17, 15) is 27.5 Å². The molecule has 0 radical (unpaired) electrons. The molecule has 1 aliphatic rings. The number of aromatic nitrogens is 2. The summed E-state index contributed by atoms with van der Waals surface area (Å²) >= 11 is 0. The van der Waals surface area contributed by atoms with Gasteiger partial charge in [0.25, 0.3) is 0 Å². The first kappa shape index (κ1) is 21.3. The summed E-state index contributed by atoms with van der Waals surface area (Å²) in [5.74, 6) is -2.22. The predicted molar refractivity (Wildman–Crippen MR) is 95.4 cm³/mol. The second-order valence-corrected chi connectivity index (χ2v) is 6.98. The third-order valence-corrected chi connectivity index (χ3v) is 4.79. The van der Waals surface area contributed by atoms with Crippen LogP contribution in [0.5, 0.6) is 0 Å². The Bertz CT molecular complexity index is 876. The summed E-state index contributed by atoms with van der Waals surface area (Å²) in [5, 5.41) is 13.1. The zero-order valence-electron chi connectivity index (χ0n) is 15.7. The number of esters is 1. The topological polar surface area (TPSA) is 76.4 Å². The summed E-state index contributed by atoms with van der Waals surface area (Å²) < 4.78 is 56.3. The lowest BCUT2D eigenvalue weighted by molar-refractivity contribution is -0.220. The molecule has 0 amide bonds. The van der Waals surface area contributed by atoms with Gasteiger partial charge in [-0.25, -0.2) is 14.2 Å². The highest BCUT2D eigenvalue weighted by molar-refractivity contribution is 5.75. The van der Waals surface area contributed by atoms with Crippen LogP contribution in [0.15, 0.2) is 24.4 Å². The molecule has 0 aliphatic carbocycles. The van der Waals surface area contributed by atoms with E-state index >= 15 is 0 Å². The van der Waals surface area contributed by atoms with E-state index in [-0.39, 0.29) is 11.7 Å². The van der Waals surface area contributed by atoms with Crippen LogP contribution in [0.4, 0.5) is 17.6 Å². The summed E-state index contributed by atoms with van der Waals surface area (Å²) in [6.45, 7) is 2.74. The van der Waals surface area contributed by atoms with E-state index < -0.39 is 25.0 Å². The number of carbonyl (C=O) groups is 1. The van der Waals surface area contributed by atoms with E-state index in [0.29, 0.717) is 22.6 Å². The number of piperidine rings is 1. The number of rotatable bonds is 5. The van der Waals surface area contributed by atoms with Crippen LogP contribution in [-0.4, -0.2) is 46.2 Å². The molecule has 1 saturated heterocycles. The minimum atomic E-state index is -5.19. The molecule has 10 heteroatoms. The number of benzene rings is 1. The predicted octanol–water partition coefficient (Wildman–Crippen LogP) is 2.89. The maximum absolute atomic E-state index is 13.6. The smallest absolute Gasteiger partial charge is 0.427 e. The lowest BCUT2D eigenvalue weighted by Gasteiger charge is -2.23. The third kappa shape index (κ3) is 5.13. The lowest BCUT2D eigenvalue weighted by Crippen LogP contribution is -2.33. The minimum absolute atomic E-state index is 0.0251. The molecular formula is C19H21F4N3O3. The van der Waals surface area contributed by atoms with E-state index in [2.05, 4.69) is 15.0 Å². The third-order valence-electron chi connectivity index (χ3n) is 4.79. The molecule has 2 heterocycles. The Morgan fingerprint density at radius 1 is 1.38 bits per heavy atom. The summed E-state index contributed by atoms with van der Waals surface area (Å²) in [7, 11) is 0. The molecule has 158 valence electrons. The number of hydrogen-bond acceptors (Lipinski definition) is 5. The highest BCUT2D eigenvalue weighted by Crippen LogP contribution is 2.29. The molecule has 1 aromatic heterocycles. The van der Waals surface area contributed by atoms with Crippen LogP contribution < -0.4 is 5.32 Å². The van der Waals surface area contributed by atoms with Gasteiger partial charge in [-0.05, 0) is 56.6 Å². The van der Waals surface area contributed by atoms with Gasteiger partial charge in [0, 0.05) is 17.7 Å². The molecule has 1 atom stereocenters. The van der Waals surface area contributed by atoms with Crippen molar-refractivity contribution in [2.45, 2.75) is 44.7 Å². The summed E-state index contributed by atoms with van der Waals surface area (Å²) in [5.41, 5.74) is 1.56. The van der Waals surface area contributed by atoms with Crippen molar-refractivity contribution in [1.29, 1.82) is 0 Å². The van der Waals surface area contributed by atoms with Crippen LogP contribution in [0.1, 0.15) is 30.1 Å². The van der Waals surface area contributed by atoms with Crippen LogP contribution in [0, 0.1) is 12.7 Å². The van der Waals surface area contributed by atoms with Crippen molar-refractivity contribution in [2.75, 3.05) is 13.1 Å². The Labute approximate surface area is 164 Å². The second-order valence-electron chi connectivity index (χ2n) is 6.98. The lowest BCUT2D eigenvalue weighted by atomic mass is 9.97. The summed E-state index contributed by atoms with van der Waals surface area (Å²) in [6.07, 6.45) is -4.09. The van der Waals surface area contributed by atoms with Gasteiger partial charge in [0.1, 0.15) is 11.6 Å². The number of aliphatic hydroxyl groups excluding tert-OH is 1. The van der Waals surface area contributed by atoms with Gasteiger partial charge in [0.15, 0.2) is 0 Å². The maximum atomic E-state index is 13.6. The molecule has 1 aromatic carbocycles. The Morgan fingerprint density at radius 2 is 2.07 bits per heavy atom. The van der Waals surface area contributed by atoms with Crippen molar-refractivity contribution in [3.8, 4) is 11.3 Å². The van der Waals surface area contributed by atoms with Crippen LogP contribution in [-0.2, 0) is 16.1 Å². The molecule has 0 bridgehead atoms. The van der Waals surface area contributed by atoms with Gasteiger partial charge in [0.2, 0.25) is 6.29 Å². The number of aliphatic hydroxyl groups is 1. The standard InChI is InChI=1S/C19H21F4N3O3/c1-11-8-13(2-3-14(11)20)15-9-26(10-16(27)29-18(28)19(21,22)23)17(25-15)12-4-6-24-7-5-12/h2-3,8-9,12,16,24,27H,4-7,10H2,1H3. The zero-order valence-corrected chi connectivity index (χ0v) is 15.7. The molecule has 1 unspecified atom stereocenters. The molecule has 3 rings (SSSR count). The molecule has 2 N–H and O–H groups in total. The Morgan fingerprint density at radius 3 is 2.69 bits per heavy atom. The molecule has 2 aromatic rings. The monoisotopic (exact) mass is 415 g/mol. The van der Waals surface area contributed by atoms with Gasteiger partial charge in [0.05, 0.1) is 12.2 Å². The highest BCUT2D eigenvalue weighted by Gasteiger charge is 2.42. The Kier molecular flexibility index (Phi) is 6.23. The number of nitrogens with zero attached hydrogens (tertiary/aromatic N) is 2. The molecule has 1 aliphatic heterocycles. The van der Waals surface area contributed by atoms with E-state index in [1.165, 1.54) is 10.6 Å². The fourth-order valence-corrected chi connectivity index (χ4v) is 3.32. The van der Waals surface area contributed by atoms with E-state index in [1.54, 1.807) is 25.3 Å². The first-order valence-electron chi connectivity index (χ1n) is 9.15. The quantitative estimate of drug-likeness (QED) is 0.446. The summed E-state index contributed by atoms with van der Waals surface area (Å²) in [6, 6.07) is 4.49. The van der Waals surface area contributed by atoms with Crippen molar-refractivity contribution in [2.24, 2.45) is 0 Å². The fourth-order valence-electron chi connectivity index (χ4n) is 3.32. The first-order valence-corrected chi connectivity index (χ1v) is 9.15. The fraction of sp³-hybridized carbons (Fsp3) is 0.474. The van der Waals surface area contributed by atoms with Crippen molar-refractivity contribution >= 4 is 5.97 Å². The average Bonchev–Trinajstić information content (AvgIpc) is 3.07. The molecule has 1 fully saturated rings. The number of alkyl halides is 3. The van der Waals surface area contributed by atoms with Gasteiger partial charge in [-0.1, -0.05) is 0 Å². The van der Waals surface area contributed by atoms with Crippen LogP contribution in [0.3, 0.4) is 0 Å². The second kappa shape index (κ2) is 8.50. The number of aryl methyl sites for hydroxylation is 1. The molecule has 0 spiro atoms. The molecule has 6 nitrogen and oxygen atoms in total. The maximum Gasteiger partial charge on any atom is 0.491 e. The minimum Gasteiger partial charge on any atom is -0.427 e. The number of carbonyl (C=O) groups excluding carboxylic acids is 1. The summed E-state index contributed by atoms with van der Waals surface area (Å²) in [4.78, 5) is 15.6. The molecule has 0 saturated carbocycles. The van der Waals surface area contributed by atoms with Crippen molar-refractivity contribution in [1.82, 2.24) is 14.9 Å². The van der Waals surface area contributed by atoms with Crippen molar-refractivity contribution in [3.63, 3.8) is 0 Å². The van der Waals surface area contributed by atoms with Gasteiger partial charge in [-0.15, -0.1) is 0 Å². The van der Waals surface area contributed by atoms with Crippen molar-refractivity contribution in [3.05, 3.63) is 41.6 Å². The first-order chi connectivity index (χ1) is 13.6. The number of halogens is 4. The highest BCUT2D eigenvalue weighted by atomic mass is 19.4. The normalized spacial score (nSPS) is 16.6. The number of hydrogen-bond donors (Lipinski definition) is 2. The van der Waals surface area contributed by atoms with Gasteiger partial charge in [-0.2, -0.15) is 13.2 Å². The van der Waals surface area contributed by atoms with Crippen LogP contribution in [0.2, 0.25) is 0 Å². The zero-order chi connectivity index (χ0) is 21.2. The SMILES string of the molecule is Cc1cc(-c2cn(CC(O)OC(=O)C(F)(F)F)c(C3CCNCC3)n2)ccc1F. The number of imidazole rings is 1. The van der Waals surface area contributed by atoms with Crippen LogP contribution >= 0.6 is 0 Å². The molecular weight excluding hydrogens is 394 g/mol. The van der Waals surface area contributed by atoms with E-state index in [1.807, 2.05) is 0 Å². The van der Waals surface area contributed by atoms with Crippen LogP contribution in [0.25, 0.3) is 11.3 Å². The van der Waals surface area contributed by atoms with Gasteiger partial charge < -0.3 is 19.7 Å². The number of nitrogens with one attached hydrogen (secondary N) is 1. The van der Waals surface area contributed by atoms with Crippen molar-refractivity contribution < 1.29 is 32.2 Å². The molecule has 29 heavy (non-hydrogen) atoms. The van der Waals surface area contributed by atoms with Gasteiger partial charge >= 0.3 is 12.1 Å². The largest absolute Gasteiger partial charge is 0.491 e. The Hall–Kier alpha value is -2.46. The van der Waals surface area contributed by atoms with E-state index in [4.69, 9.17) is 0 Å². The number of ether oxygens (including phenoxy) is 1. The van der Waals surface area contributed by atoms with Gasteiger partial charge in [-0.3, -0.25) is 0 Å². The van der Waals surface area contributed by atoms with E-state index in [0.717, 1.165) is 25.9 Å². The Balaban J connectivity index is 1.88. The average molecular weight is 415 g/mol.